The Labute approximate surface area is 42.7 Å². The molecule has 5 heteroatoms. The Morgan fingerprint density at radius 2 is 2.29 bits per heavy atom. The highest BCUT2D eigenvalue weighted by atomic mass is 31.0. The first-order valence-electron chi connectivity index (χ1n) is 1.72. The van der Waals surface area contributed by atoms with E-state index in [0.29, 0.717) is 11.3 Å². The maximum absolute atomic E-state index is 5.21. The van der Waals surface area contributed by atoms with E-state index >= 15 is 0 Å². The number of hydrogen-bond donors (Lipinski definition) is 2. The zero-order valence-corrected chi connectivity index (χ0v) is 4.70. The third-order valence-electron chi connectivity index (χ3n) is 0.603. The average Bonchev–Trinajstić information content (AvgIpc) is 1.91. The van der Waals surface area contributed by atoms with E-state index in [1.807, 2.05) is 0 Å². The Kier molecular flexibility index (Phi) is 0.947. The summed E-state index contributed by atoms with van der Waals surface area (Å²) in [5.74, 6) is 0.435. The molecule has 38 valence electrons. The van der Waals surface area contributed by atoms with Gasteiger partial charge >= 0.3 is 0 Å². The first kappa shape index (κ1) is 4.53. The van der Waals surface area contributed by atoms with E-state index in [-0.39, 0.29) is 0 Å². The van der Waals surface area contributed by atoms with Crippen molar-refractivity contribution in [3.05, 3.63) is 0 Å². The molecule has 0 aliphatic rings. The van der Waals surface area contributed by atoms with Gasteiger partial charge in [0, 0.05) is 0 Å². The standard InChI is InChI=1S/C2H5N4P/c3-1-2(7)5-6-4-1/h7H2,(H3,3,4,5,6). The van der Waals surface area contributed by atoms with Gasteiger partial charge in [-0.2, -0.15) is 10.3 Å². The van der Waals surface area contributed by atoms with Crippen LogP contribution < -0.4 is 11.2 Å². The molecule has 0 saturated carbocycles. The molecule has 1 rings (SSSR count). The minimum Gasteiger partial charge on any atom is -0.380 e. The molecule has 0 amide bonds. The van der Waals surface area contributed by atoms with E-state index in [9.17, 15) is 0 Å². The van der Waals surface area contributed by atoms with Crippen molar-refractivity contribution in [3.8, 4) is 0 Å². The molecule has 1 atom stereocenters. The summed E-state index contributed by atoms with van der Waals surface area (Å²) < 4.78 is 0. The fourth-order valence-electron chi connectivity index (χ4n) is 0.247. The molecule has 0 radical (unpaired) electrons. The highest BCUT2D eigenvalue weighted by molar-refractivity contribution is 7.27. The summed E-state index contributed by atoms with van der Waals surface area (Å²) in [6.07, 6.45) is 0. The van der Waals surface area contributed by atoms with Crippen molar-refractivity contribution in [1.82, 2.24) is 15.4 Å². The number of hydrogen-bond acceptors (Lipinski definition) is 3. The number of nitrogen functional groups attached to an aromatic ring is 1. The van der Waals surface area contributed by atoms with Crippen LogP contribution in [0.1, 0.15) is 0 Å². The Morgan fingerprint density at radius 1 is 1.57 bits per heavy atom. The van der Waals surface area contributed by atoms with E-state index in [2.05, 4.69) is 24.7 Å². The van der Waals surface area contributed by atoms with Gasteiger partial charge in [-0.3, -0.25) is 0 Å². The van der Waals surface area contributed by atoms with Gasteiger partial charge in [-0.25, -0.2) is 0 Å². The molecule has 1 unspecified atom stereocenters. The molecule has 1 aromatic rings. The molecule has 0 aromatic carbocycles. The molecule has 0 aliphatic carbocycles. The number of aromatic nitrogens is 3. The molecule has 1 aromatic heterocycles. The number of rotatable bonds is 0. The van der Waals surface area contributed by atoms with Gasteiger partial charge in [-0.1, -0.05) is 9.24 Å². The van der Waals surface area contributed by atoms with Crippen molar-refractivity contribution in [2.45, 2.75) is 0 Å². The van der Waals surface area contributed by atoms with Crippen molar-refractivity contribution in [1.29, 1.82) is 0 Å². The number of nitrogens with one attached hydrogen (secondary N) is 1. The lowest BCUT2D eigenvalue weighted by Crippen LogP contribution is -1.98. The quantitative estimate of drug-likeness (QED) is 0.422. The van der Waals surface area contributed by atoms with Crippen molar-refractivity contribution in [2.24, 2.45) is 0 Å². The lowest BCUT2D eigenvalue weighted by atomic mass is 10.8. The number of nitrogens with zero attached hydrogens (tertiary/aromatic N) is 2. The predicted molar refractivity (Wildman–Crippen MR) is 30.1 cm³/mol. The molecule has 3 N–H and O–H groups in total. The Hall–Kier alpha value is -0.630. The minimum atomic E-state index is 0.435. The molecule has 7 heavy (non-hydrogen) atoms. The summed E-state index contributed by atoms with van der Waals surface area (Å²) >= 11 is 0. The van der Waals surface area contributed by atoms with E-state index in [0.717, 1.165) is 0 Å². The van der Waals surface area contributed by atoms with E-state index in [4.69, 9.17) is 5.73 Å². The van der Waals surface area contributed by atoms with E-state index in [1.54, 1.807) is 0 Å². The van der Waals surface area contributed by atoms with Gasteiger partial charge in [-0.15, -0.1) is 5.10 Å². The molecule has 1 heterocycles. The second-order valence-electron chi connectivity index (χ2n) is 1.09. The monoisotopic (exact) mass is 116 g/mol. The molecule has 0 aliphatic heterocycles. The normalized spacial score (nSPS) is 9.29. The van der Waals surface area contributed by atoms with Gasteiger partial charge in [0.05, 0.1) is 0 Å². The van der Waals surface area contributed by atoms with E-state index in [1.165, 1.54) is 0 Å². The highest BCUT2D eigenvalue weighted by Gasteiger charge is 1.91. The highest BCUT2D eigenvalue weighted by Crippen LogP contribution is 1.88. The minimum absolute atomic E-state index is 0.435. The summed E-state index contributed by atoms with van der Waals surface area (Å²) in [4.78, 5) is 0. The molecule has 4 nitrogen and oxygen atoms in total. The van der Waals surface area contributed by atoms with Crippen LogP contribution in [0.25, 0.3) is 0 Å². The predicted octanol–water partition coefficient (Wildman–Crippen LogP) is -1.11. The van der Waals surface area contributed by atoms with Crippen molar-refractivity contribution >= 4 is 20.5 Å². The molecule has 0 saturated heterocycles. The zero-order chi connectivity index (χ0) is 5.28. The van der Waals surface area contributed by atoms with Crippen LogP contribution in [0, 0.1) is 0 Å². The topological polar surface area (TPSA) is 67.6 Å². The zero-order valence-electron chi connectivity index (χ0n) is 3.55. The van der Waals surface area contributed by atoms with Crippen LogP contribution >= 0.6 is 9.24 Å². The molecule has 0 bridgehead atoms. The van der Waals surface area contributed by atoms with Gasteiger partial charge in [0.2, 0.25) is 0 Å². The third kappa shape index (κ3) is 0.695. The SMILES string of the molecule is Nc1n[nH]nc1P. The summed E-state index contributed by atoms with van der Waals surface area (Å²) in [5, 5.41) is 9.51. The molecular weight excluding hydrogens is 111 g/mol. The smallest absolute Gasteiger partial charge is 0.172 e. The second kappa shape index (κ2) is 1.46. The number of aromatic amines is 1. The first-order chi connectivity index (χ1) is 3.30. The summed E-state index contributed by atoms with van der Waals surface area (Å²) in [7, 11) is 2.34. The van der Waals surface area contributed by atoms with Gasteiger partial charge in [-0.05, 0) is 0 Å². The number of H-pyrrole nitrogens is 1. The van der Waals surface area contributed by atoms with Gasteiger partial charge in [0.25, 0.3) is 0 Å². The van der Waals surface area contributed by atoms with Crippen molar-refractivity contribution < 1.29 is 0 Å². The molecule has 0 spiro atoms. The van der Waals surface area contributed by atoms with E-state index < -0.39 is 0 Å². The largest absolute Gasteiger partial charge is 0.380 e. The fourth-order valence-corrected chi connectivity index (χ4v) is 0.370. The summed E-state index contributed by atoms with van der Waals surface area (Å²) in [6, 6.07) is 0. The van der Waals surface area contributed by atoms with Crippen LogP contribution in [0.2, 0.25) is 0 Å². The number of nitrogens with two attached hydrogens (primary N) is 1. The Bertz CT molecular complexity index is 142. The van der Waals surface area contributed by atoms with Crippen LogP contribution in [0.3, 0.4) is 0 Å². The van der Waals surface area contributed by atoms with Crippen LogP contribution in [-0.2, 0) is 0 Å². The Balaban J connectivity index is 3.12. The van der Waals surface area contributed by atoms with Crippen molar-refractivity contribution in [3.63, 3.8) is 0 Å². The summed E-state index contributed by atoms with van der Waals surface area (Å²) in [5.41, 5.74) is 5.88. The van der Waals surface area contributed by atoms with Crippen LogP contribution in [0.4, 0.5) is 5.82 Å². The molecule has 0 fully saturated rings. The maximum atomic E-state index is 5.21. The maximum Gasteiger partial charge on any atom is 0.172 e. The van der Waals surface area contributed by atoms with Gasteiger partial charge in [0.1, 0.15) is 5.44 Å². The van der Waals surface area contributed by atoms with Crippen LogP contribution in [0.15, 0.2) is 0 Å². The lowest BCUT2D eigenvalue weighted by molar-refractivity contribution is 0.950. The second-order valence-corrected chi connectivity index (χ2v) is 1.64. The number of anilines is 1. The summed E-state index contributed by atoms with van der Waals surface area (Å²) in [6.45, 7) is 0. The third-order valence-corrected chi connectivity index (χ3v) is 1.03. The van der Waals surface area contributed by atoms with Gasteiger partial charge in [0.15, 0.2) is 5.82 Å². The Morgan fingerprint density at radius 3 is 2.43 bits per heavy atom. The molecular formula is C2H5N4P. The lowest BCUT2D eigenvalue weighted by Gasteiger charge is -1.75. The van der Waals surface area contributed by atoms with Gasteiger partial charge < -0.3 is 5.73 Å². The average molecular weight is 116 g/mol. The van der Waals surface area contributed by atoms with Crippen LogP contribution in [0.5, 0.6) is 0 Å². The van der Waals surface area contributed by atoms with Crippen LogP contribution in [-0.4, -0.2) is 15.4 Å². The fraction of sp³-hybridized carbons (Fsp3) is 0. The first-order valence-corrected chi connectivity index (χ1v) is 2.30. The van der Waals surface area contributed by atoms with Crippen molar-refractivity contribution in [2.75, 3.05) is 5.73 Å².